The maximum absolute atomic E-state index is 11.9. The van der Waals surface area contributed by atoms with Crippen molar-refractivity contribution in [1.29, 1.82) is 0 Å². The lowest BCUT2D eigenvalue weighted by Crippen LogP contribution is -2.34. The van der Waals surface area contributed by atoms with E-state index < -0.39 is 0 Å². The Morgan fingerprint density at radius 3 is 2.62 bits per heavy atom. The van der Waals surface area contributed by atoms with E-state index in [0.29, 0.717) is 12.5 Å². The molecule has 1 aliphatic carbocycles. The van der Waals surface area contributed by atoms with E-state index in [4.69, 9.17) is 5.73 Å². The van der Waals surface area contributed by atoms with E-state index in [1.165, 1.54) is 0 Å². The molecule has 2 aliphatic rings. The van der Waals surface area contributed by atoms with Crippen LogP contribution in [0, 0.1) is 0 Å². The number of hydrogen-bond donors (Lipinski definition) is 1. The third-order valence-corrected chi connectivity index (χ3v) is 3.39. The fourth-order valence-corrected chi connectivity index (χ4v) is 2.53. The van der Waals surface area contributed by atoms with E-state index in [1.807, 2.05) is 17.0 Å². The molecule has 2 fully saturated rings. The second kappa shape index (κ2) is 3.56. The van der Waals surface area contributed by atoms with E-state index in [0.717, 1.165) is 18.4 Å². The van der Waals surface area contributed by atoms with Crippen molar-refractivity contribution in [3.63, 3.8) is 0 Å². The van der Waals surface area contributed by atoms with Crippen LogP contribution in [0.15, 0.2) is 24.5 Å². The zero-order valence-electron chi connectivity index (χ0n) is 9.04. The summed E-state index contributed by atoms with van der Waals surface area (Å²) in [5, 5.41) is 0. The summed E-state index contributed by atoms with van der Waals surface area (Å²) in [6.07, 6.45) is 6.25. The predicted molar refractivity (Wildman–Crippen MR) is 59.4 cm³/mol. The molecule has 0 aromatic carbocycles. The second-order valence-electron chi connectivity index (χ2n) is 4.63. The molecular weight excluding hydrogens is 202 g/mol. The fraction of sp³-hybridized carbons (Fsp3) is 0.500. The first-order chi connectivity index (χ1) is 7.77. The van der Waals surface area contributed by atoms with Gasteiger partial charge in [0.15, 0.2) is 0 Å². The summed E-state index contributed by atoms with van der Waals surface area (Å²) in [7, 11) is 0. The van der Waals surface area contributed by atoms with E-state index in [-0.39, 0.29) is 18.0 Å². The van der Waals surface area contributed by atoms with Gasteiger partial charge in [0.2, 0.25) is 5.91 Å². The molecule has 84 valence electrons. The summed E-state index contributed by atoms with van der Waals surface area (Å²) in [6.45, 7) is 0. The third kappa shape index (κ3) is 1.50. The number of aromatic nitrogens is 1. The van der Waals surface area contributed by atoms with Crippen LogP contribution in [0.3, 0.4) is 0 Å². The Bertz CT molecular complexity index is 402. The second-order valence-corrected chi connectivity index (χ2v) is 4.63. The van der Waals surface area contributed by atoms with Crippen LogP contribution in [0.25, 0.3) is 0 Å². The number of carbonyl (C=O) groups is 1. The Labute approximate surface area is 94.5 Å². The van der Waals surface area contributed by atoms with E-state index in [1.54, 1.807) is 12.4 Å². The van der Waals surface area contributed by atoms with Gasteiger partial charge < -0.3 is 10.6 Å². The Kier molecular flexibility index (Phi) is 2.17. The number of nitrogens with zero attached hydrogens (tertiary/aromatic N) is 2. The molecule has 2 unspecified atom stereocenters. The first-order valence-electron chi connectivity index (χ1n) is 5.74. The first kappa shape index (κ1) is 9.78. The van der Waals surface area contributed by atoms with Crippen molar-refractivity contribution in [2.24, 2.45) is 5.73 Å². The van der Waals surface area contributed by atoms with Gasteiger partial charge in [0.1, 0.15) is 0 Å². The van der Waals surface area contributed by atoms with Crippen LogP contribution >= 0.6 is 0 Å². The summed E-state index contributed by atoms with van der Waals surface area (Å²) >= 11 is 0. The average Bonchev–Trinajstić information content (AvgIpc) is 3.06. The van der Waals surface area contributed by atoms with Crippen LogP contribution in [0.2, 0.25) is 0 Å². The van der Waals surface area contributed by atoms with Gasteiger partial charge in [-0.15, -0.1) is 0 Å². The Morgan fingerprint density at radius 2 is 2.00 bits per heavy atom. The predicted octanol–water partition coefficient (Wildman–Crippen LogP) is 0.845. The molecule has 1 aliphatic heterocycles. The molecule has 1 aromatic rings. The number of carbonyl (C=O) groups excluding carboxylic acids is 1. The smallest absolute Gasteiger partial charge is 0.225 e. The Morgan fingerprint density at radius 1 is 1.31 bits per heavy atom. The molecule has 1 saturated carbocycles. The van der Waals surface area contributed by atoms with Crippen LogP contribution < -0.4 is 5.73 Å². The van der Waals surface area contributed by atoms with Crippen molar-refractivity contribution in [2.45, 2.75) is 37.4 Å². The highest BCUT2D eigenvalue weighted by Crippen LogP contribution is 2.40. The normalized spacial score (nSPS) is 29.8. The largest absolute Gasteiger partial charge is 0.331 e. The lowest BCUT2D eigenvalue weighted by Gasteiger charge is -2.27. The molecule has 16 heavy (non-hydrogen) atoms. The zero-order valence-corrected chi connectivity index (χ0v) is 9.04. The van der Waals surface area contributed by atoms with Crippen molar-refractivity contribution in [3.05, 3.63) is 30.1 Å². The molecule has 2 N–H and O–H groups in total. The third-order valence-electron chi connectivity index (χ3n) is 3.39. The van der Waals surface area contributed by atoms with Gasteiger partial charge in [0.05, 0.1) is 6.04 Å². The highest BCUT2D eigenvalue weighted by Gasteiger charge is 2.45. The minimum Gasteiger partial charge on any atom is -0.331 e. The minimum absolute atomic E-state index is 0.0583. The van der Waals surface area contributed by atoms with Crippen LogP contribution in [0.4, 0.5) is 0 Å². The van der Waals surface area contributed by atoms with Gasteiger partial charge in [-0.25, -0.2) is 0 Å². The molecule has 1 amide bonds. The Balaban J connectivity index is 1.94. The van der Waals surface area contributed by atoms with Gasteiger partial charge in [-0.1, -0.05) is 0 Å². The minimum atomic E-state index is -0.0736. The van der Waals surface area contributed by atoms with E-state index >= 15 is 0 Å². The van der Waals surface area contributed by atoms with Crippen molar-refractivity contribution >= 4 is 5.91 Å². The number of likely N-dealkylation sites (tertiary alicyclic amines) is 1. The number of hydrogen-bond acceptors (Lipinski definition) is 3. The molecule has 1 saturated heterocycles. The summed E-state index contributed by atoms with van der Waals surface area (Å²) in [5.74, 6) is 0.205. The monoisotopic (exact) mass is 217 g/mol. The van der Waals surface area contributed by atoms with Crippen molar-refractivity contribution in [3.8, 4) is 0 Å². The number of amides is 1. The topological polar surface area (TPSA) is 59.2 Å². The molecular formula is C12H15N3O. The molecule has 4 nitrogen and oxygen atoms in total. The molecule has 2 heterocycles. The highest BCUT2D eigenvalue weighted by atomic mass is 16.2. The van der Waals surface area contributed by atoms with Gasteiger partial charge in [0, 0.05) is 30.9 Å². The number of rotatable bonds is 2. The van der Waals surface area contributed by atoms with Crippen LogP contribution in [0.5, 0.6) is 0 Å². The summed E-state index contributed by atoms with van der Waals surface area (Å²) in [5.41, 5.74) is 7.19. The van der Waals surface area contributed by atoms with Gasteiger partial charge in [-0.2, -0.15) is 0 Å². The fourth-order valence-electron chi connectivity index (χ4n) is 2.53. The summed E-state index contributed by atoms with van der Waals surface area (Å²) in [4.78, 5) is 17.9. The molecule has 3 rings (SSSR count). The van der Waals surface area contributed by atoms with Crippen molar-refractivity contribution in [2.75, 3.05) is 0 Å². The molecule has 0 bridgehead atoms. The van der Waals surface area contributed by atoms with Gasteiger partial charge in [0.25, 0.3) is 0 Å². The quantitative estimate of drug-likeness (QED) is 0.798. The molecule has 2 atom stereocenters. The highest BCUT2D eigenvalue weighted by molar-refractivity contribution is 5.81. The van der Waals surface area contributed by atoms with Crippen molar-refractivity contribution in [1.82, 2.24) is 9.88 Å². The first-order valence-corrected chi connectivity index (χ1v) is 5.74. The van der Waals surface area contributed by atoms with Gasteiger partial charge in [-0.3, -0.25) is 9.78 Å². The SMILES string of the molecule is NC1CC(=O)N(C2CC2)C1c1ccncc1. The number of pyridine rings is 1. The van der Waals surface area contributed by atoms with E-state index in [2.05, 4.69) is 4.98 Å². The maximum Gasteiger partial charge on any atom is 0.225 e. The zero-order chi connectivity index (χ0) is 11.1. The number of nitrogens with two attached hydrogens (primary N) is 1. The van der Waals surface area contributed by atoms with Crippen LogP contribution in [-0.2, 0) is 4.79 Å². The van der Waals surface area contributed by atoms with Gasteiger partial charge >= 0.3 is 0 Å². The molecule has 4 heteroatoms. The van der Waals surface area contributed by atoms with Crippen molar-refractivity contribution < 1.29 is 4.79 Å². The summed E-state index contributed by atoms with van der Waals surface area (Å²) < 4.78 is 0. The molecule has 0 spiro atoms. The summed E-state index contributed by atoms with van der Waals surface area (Å²) in [6, 6.07) is 4.33. The molecule has 0 radical (unpaired) electrons. The van der Waals surface area contributed by atoms with E-state index in [9.17, 15) is 4.79 Å². The lowest BCUT2D eigenvalue weighted by molar-refractivity contribution is -0.129. The van der Waals surface area contributed by atoms with Crippen LogP contribution in [-0.4, -0.2) is 27.9 Å². The lowest BCUT2D eigenvalue weighted by atomic mass is 10.0. The molecule has 1 aromatic heterocycles. The van der Waals surface area contributed by atoms with Gasteiger partial charge in [-0.05, 0) is 30.5 Å². The Hall–Kier alpha value is -1.42. The van der Waals surface area contributed by atoms with Crippen LogP contribution in [0.1, 0.15) is 30.9 Å². The maximum atomic E-state index is 11.9. The average molecular weight is 217 g/mol. The standard InChI is InChI=1S/C12H15N3O/c13-10-7-11(16)15(9-1-2-9)12(10)8-3-5-14-6-4-8/h3-6,9-10,12H,1-2,7,13H2.